The first-order valence-electron chi connectivity index (χ1n) is 7.76. The van der Waals surface area contributed by atoms with Crippen molar-refractivity contribution in [3.05, 3.63) is 35.4 Å². The summed E-state index contributed by atoms with van der Waals surface area (Å²) in [6.07, 6.45) is 3.05. The first-order valence-corrected chi connectivity index (χ1v) is 7.76. The van der Waals surface area contributed by atoms with E-state index in [1.807, 2.05) is 31.2 Å². The van der Waals surface area contributed by atoms with Gasteiger partial charge < -0.3 is 14.8 Å². The van der Waals surface area contributed by atoms with Crippen LogP contribution in [0.3, 0.4) is 0 Å². The van der Waals surface area contributed by atoms with Gasteiger partial charge in [0.25, 0.3) is 5.91 Å². The summed E-state index contributed by atoms with van der Waals surface area (Å²) in [5.41, 5.74) is 1.87. The highest BCUT2D eigenvalue weighted by Crippen LogP contribution is 2.14. The van der Waals surface area contributed by atoms with E-state index in [0.717, 1.165) is 44.6 Å². The van der Waals surface area contributed by atoms with Gasteiger partial charge in [-0.2, -0.15) is 0 Å². The van der Waals surface area contributed by atoms with E-state index in [4.69, 9.17) is 9.47 Å². The lowest BCUT2D eigenvalue weighted by Gasteiger charge is -2.21. The van der Waals surface area contributed by atoms with Gasteiger partial charge in [0.15, 0.2) is 0 Å². The molecule has 0 bridgehead atoms. The monoisotopic (exact) mass is 291 g/mol. The van der Waals surface area contributed by atoms with Gasteiger partial charge in [-0.1, -0.05) is 17.7 Å². The van der Waals surface area contributed by atoms with Crippen LogP contribution in [0.25, 0.3) is 0 Å². The molecule has 0 unspecified atom stereocenters. The summed E-state index contributed by atoms with van der Waals surface area (Å²) in [5.74, 6) is 0.625. The molecular weight excluding hydrogens is 266 g/mol. The second-order valence-corrected chi connectivity index (χ2v) is 5.61. The number of aryl methyl sites for hydroxylation is 1. The summed E-state index contributed by atoms with van der Waals surface area (Å²) in [6, 6.07) is 7.61. The Morgan fingerprint density at radius 2 is 2.00 bits per heavy atom. The minimum atomic E-state index is -0.0144. The molecule has 2 rings (SSSR count). The highest BCUT2D eigenvalue weighted by atomic mass is 16.5. The standard InChI is InChI=1S/C17H25NO3/c1-14-3-5-16(6-4-14)17(19)18-9-2-10-21-13-15-7-11-20-12-8-15/h3-6,15H,2,7-13H2,1H3,(H,18,19). The van der Waals surface area contributed by atoms with Crippen LogP contribution >= 0.6 is 0 Å². The fourth-order valence-corrected chi connectivity index (χ4v) is 2.35. The van der Waals surface area contributed by atoms with E-state index in [1.54, 1.807) is 0 Å². The zero-order chi connectivity index (χ0) is 14.9. The summed E-state index contributed by atoms with van der Waals surface area (Å²) in [6.45, 7) is 5.90. The fourth-order valence-electron chi connectivity index (χ4n) is 2.35. The third-order valence-corrected chi connectivity index (χ3v) is 3.76. The third kappa shape index (κ3) is 5.86. The Labute approximate surface area is 126 Å². The van der Waals surface area contributed by atoms with Crippen LogP contribution in [-0.2, 0) is 9.47 Å². The summed E-state index contributed by atoms with van der Waals surface area (Å²) in [4.78, 5) is 11.9. The highest BCUT2D eigenvalue weighted by Gasteiger charge is 2.13. The topological polar surface area (TPSA) is 47.6 Å². The van der Waals surface area contributed by atoms with Crippen molar-refractivity contribution in [2.24, 2.45) is 5.92 Å². The molecule has 1 N–H and O–H groups in total. The SMILES string of the molecule is Cc1ccc(C(=O)NCCCOCC2CCOCC2)cc1. The van der Waals surface area contributed by atoms with E-state index in [-0.39, 0.29) is 5.91 Å². The Bertz CT molecular complexity index is 424. The Kier molecular flexibility index (Phi) is 6.70. The molecule has 0 atom stereocenters. The van der Waals surface area contributed by atoms with Crippen molar-refractivity contribution in [3.63, 3.8) is 0 Å². The summed E-state index contributed by atoms with van der Waals surface area (Å²) in [7, 11) is 0. The smallest absolute Gasteiger partial charge is 0.251 e. The molecule has 0 aliphatic carbocycles. The van der Waals surface area contributed by atoms with Gasteiger partial charge in [0.2, 0.25) is 0 Å². The summed E-state index contributed by atoms with van der Waals surface area (Å²) >= 11 is 0. The molecule has 1 aromatic carbocycles. The van der Waals surface area contributed by atoms with Gasteiger partial charge in [-0.25, -0.2) is 0 Å². The second-order valence-electron chi connectivity index (χ2n) is 5.61. The van der Waals surface area contributed by atoms with E-state index in [0.29, 0.717) is 24.6 Å². The van der Waals surface area contributed by atoms with Crippen molar-refractivity contribution in [2.45, 2.75) is 26.2 Å². The number of carbonyl (C=O) groups is 1. The minimum Gasteiger partial charge on any atom is -0.381 e. The fraction of sp³-hybridized carbons (Fsp3) is 0.588. The Morgan fingerprint density at radius 1 is 1.29 bits per heavy atom. The lowest BCUT2D eigenvalue weighted by molar-refractivity contribution is 0.0202. The number of amides is 1. The van der Waals surface area contributed by atoms with Crippen molar-refractivity contribution in [1.29, 1.82) is 0 Å². The zero-order valence-corrected chi connectivity index (χ0v) is 12.8. The minimum absolute atomic E-state index is 0.0144. The number of hydrogen-bond donors (Lipinski definition) is 1. The highest BCUT2D eigenvalue weighted by molar-refractivity contribution is 5.94. The normalized spacial score (nSPS) is 15.9. The number of nitrogens with one attached hydrogen (secondary N) is 1. The molecule has 1 fully saturated rings. The summed E-state index contributed by atoms with van der Waals surface area (Å²) < 4.78 is 11.0. The predicted molar refractivity (Wildman–Crippen MR) is 82.5 cm³/mol. The van der Waals surface area contributed by atoms with Gasteiger partial charge in [0, 0.05) is 38.5 Å². The molecule has 1 aromatic rings. The molecule has 1 aliphatic rings. The lowest BCUT2D eigenvalue weighted by Crippen LogP contribution is -2.26. The molecule has 21 heavy (non-hydrogen) atoms. The lowest BCUT2D eigenvalue weighted by atomic mass is 10.0. The van der Waals surface area contributed by atoms with Crippen LogP contribution in [0.15, 0.2) is 24.3 Å². The molecule has 116 valence electrons. The molecule has 4 heteroatoms. The average molecular weight is 291 g/mol. The molecule has 1 aliphatic heterocycles. The van der Waals surface area contributed by atoms with E-state index < -0.39 is 0 Å². The number of hydrogen-bond acceptors (Lipinski definition) is 3. The average Bonchev–Trinajstić information content (AvgIpc) is 2.52. The van der Waals surface area contributed by atoms with E-state index >= 15 is 0 Å². The maximum Gasteiger partial charge on any atom is 0.251 e. The van der Waals surface area contributed by atoms with E-state index in [9.17, 15) is 4.79 Å². The van der Waals surface area contributed by atoms with Crippen LogP contribution in [-0.4, -0.2) is 38.9 Å². The molecule has 0 saturated carbocycles. The Balaban J connectivity index is 1.53. The molecular formula is C17H25NO3. The van der Waals surface area contributed by atoms with Gasteiger partial charge in [-0.15, -0.1) is 0 Å². The van der Waals surface area contributed by atoms with E-state index in [1.165, 1.54) is 0 Å². The molecule has 0 spiro atoms. The Morgan fingerprint density at radius 3 is 2.71 bits per heavy atom. The first kappa shape index (κ1) is 16.0. The number of benzene rings is 1. The molecule has 4 nitrogen and oxygen atoms in total. The molecule has 0 aromatic heterocycles. The van der Waals surface area contributed by atoms with Crippen LogP contribution in [0.5, 0.6) is 0 Å². The largest absolute Gasteiger partial charge is 0.381 e. The van der Waals surface area contributed by atoms with Gasteiger partial charge in [0.05, 0.1) is 0 Å². The van der Waals surface area contributed by atoms with Gasteiger partial charge in [-0.05, 0) is 44.2 Å². The van der Waals surface area contributed by atoms with E-state index in [2.05, 4.69) is 5.32 Å². The predicted octanol–water partition coefficient (Wildman–Crippen LogP) is 2.56. The number of rotatable bonds is 7. The maximum absolute atomic E-state index is 11.9. The van der Waals surface area contributed by atoms with Crippen LogP contribution in [0.1, 0.15) is 35.2 Å². The summed E-state index contributed by atoms with van der Waals surface area (Å²) in [5, 5.41) is 2.92. The number of carbonyl (C=O) groups excluding carboxylic acids is 1. The van der Waals surface area contributed by atoms with Gasteiger partial charge in [-0.3, -0.25) is 4.79 Å². The maximum atomic E-state index is 11.9. The first-order chi connectivity index (χ1) is 10.3. The van der Waals surface area contributed by atoms with Crippen molar-refractivity contribution in [1.82, 2.24) is 5.32 Å². The van der Waals surface area contributed by atoms with Crippen molar-refractivity contribution in [2.75, 3.05) is 33.0 Å². The molecule has 0 radical (unpaired) electrons. The van der Waals surface area contributed by atoms with Gasteiger partial charge in [0.1, 0.15) is 0 Å². The molecule has 1 saturated heterocycles. The van der Waals surface area contributed by atoms with Gasteiger partial charge >= 0.3 is 0 Å². The molecule has 1 heterocycles. The van der Waals surface area contributed by atoms with Crippen molar-refractivity contribution < 1.29 is 14.3 Å². The van der Waals surface area contributed by atoms with Crippen LogP contribution in [0.2, 0.25) is 0 Å². The number of ether oxygens (including phenoxy) is 2. The zero-order valence-electron chi connectivity index (χ0n) is 12.8. The van der Waals surface area contributed by atoms with Crippen LogP contribution < -0.4 is 5.32 Å². The van der Waals surface area contributed by atoms with Crippen LogP contribution in [0.4, 0.5) is 0 Å². The van der Waals surface area contributed by atoms with Crippen molar-refractivity contribution >= 4 is 5.91 Å². The quantitative estimate of drug-likeness (QED) is 0.785. The van der Waals surface area contributed by atoms with Crippen molar-refractivity contribution in [3.8, 4) is 0 Å². The Hall–Kier alpha value is -1.39. The second kappa shape index (κ2) is 8.80. The third-order valence-electron chi connectivity index (χ3n) is 3.76. The molecule has 1 amide bonds. The van der Waals surface area contributed by atoms with Crippen LogP contribution in [0, 0.1) is 12.8 Å².